The van der Waals surface area contributed by atoms with Crippen molar-refractivity contribution >= 4 is 0 Å². The van der Waals surface area contributed by atoms with E-state index < -0.39 is 0 Å². The zero-order valence-electron chi connectivity index (χ0n) is 40.4. The lowest BCUT2D eigenvalue weighted by atomic mass is 10.0. The van der Waals surface area contributed by atoms with Gasteiger partial charge in [-0.05, 0) is 77.8 Å². The first-order valence-electron chi connectivity index (χ1n) is 27.8. The highest BCUT2D eigenvalue weighted by atomic mass is 15.1. The van der Waals surface area contributed by atoms with E-state index in [1.54, 1.807) is 0 Å². The Balaban J connectivity index is 0.000000570. The van der Waals surface area contributed by atoms with Crippen LogP contribution in [0, 0.1) is 0 Å². The highest BCUT2D eigenvalue weighted by Crippen LogP contribution is 2.18. The summed E-state index contributed by atoms with van der Waals surface area (Å²) >= 11 is 0. The molecule has 0 saturated carbocycles. The summed E-state index contributed by atoms with van der Waals surface area (Å²) in [5.41, 5.74) is 0. The van der Waals surface area contributed by atoms with Gasteiger partial charge in [0.05, 0.1) is 0 Å². The molecule has 57 heavy (non-hydrogen) atoms. The zero-order chi connectivity index (χ0) is 40.6. The third-order valence-corrected chi connectivity index (χ3v) is 13.8. The van der Waals surface area contributed by atoms with Crippen molar-refractivity contribution in [2.75, 3.05) is 39.3 Å². The van der Waals surface area contributed by atoms with E-state index in [0.717, 1.165) is 0 Å². The molecule has 2 saturated heterocycles. The molecule has 2 heterocycles. The van der Waals surface area contributed by atoms with E-state index in [-0.39, 0.29) is 0 Å². The van der Waals surface area contributed by atoms with Gasteiger partial charge in [0, 0.05) is 0 Å². The highest BCUT2D eigenvalue weighted by Gasteiger charge is 2.09. The van der Waals surface area contributed by atoms with Gasteiger partial charge in [0.25, 0.3) is 0 Å². The molecule has 0 aromatic carbocycles. The largest absolute Gasteiger partial charge is 0.303 e. The number of rotatable bonds is 43. The van der Waals surface area contributed by atoms with Gasteiger partial charge in [-0.2, -0.15) is 0 Å². The van der Waals surface area contributed by atoms with Crippen LogP contribution in [0.3, 0.4) is 0 Å². The molecule has 2 heteroatoms. The first kappa shape index (κ1) is 54.9. The average molecular weight is 802 g/mol. The number of hydrogen-bond donors (Lipinski definition) is 0. The molecule has 0 aromatic heterocycles. The molecule has 2 fully saturated rings. The van der Waals surface area contributed by atoms with E-state index in [4.69, 9.17) is 0 Å². The van der Waals surface area contributed by atoms with Crippen molar-refractivity contribution in [3.63, 3.8) is 0 Å². The summed E-state index contributed by atoms with van der Waals surface area (Å²) in [4.78, 5) is 5.39. The van der Waals surface area contributed by atoms with Crippen LogP contribution in [0.2, 0.25) is 0 Å². The van der Waals surface area contributed by atoms with Gasteiger partial charge >= 0.3 is 0 Å². The molecule has 0 radical (unpaired) electrons. The van der Waals surface area contributed by atoms with Crippen molar-refractivity contribution in [3.8, 4) is 0 Å². The van der Waals surface area contributed by atoms with Crippen molar-refractivity contribution in [2.24, 2.45) is 0 Å². The number of hydrogen-bond acceptors (Lipinski definition) is 2. The third kappa shape index (κ3) is 43.8. The lowest BCUT2D eigenvalue weighted by molar-refractivity contribution is 0.224. The van der Waals surface area contributed by atoms with Crippen molar-refractivity contribution in [1.29, 1.82) is 0 Å². The first-order chi connectivity index (χ1) is 28.4. The minimum Gasteiger partial charge on any atom is -0.303 e. The van der Waals surface area contributed by atoms with Gasteiger partial charge in [0.1, 0.15) is 0 Å². The molecule has 0 bridgehead atoms. The van der Waals surface area contributed by atoms with Crippen LogP contribution in [0.25, 0.3) is 0 Å². The topological polar surface area (TPSA) is 6.48 Å². The minimum absolute atomic E-state index is 1.37. The van der Waals surface area contributed by atoms with Crippen LogP contribution in [-0.4, -0.2) is 49.1 Å². The van der Waals surface area contributed by atoms with Crippen LogP contribution in [0.5, 0.6) is 0 Å². The minimum atomic E-state index is 1.37. The smallest absolute Gasteiger partial charge is 0.00187 e. The van der Waals surface area contributed by atoms with Gasteiger partial charge in [-0.15, -0.1) is 0 Å². The zero-order valence-corrected chi connectivity index (χ0v) is 40.4. The second-order valence-corrected chi connectivity index (χ2v) is 19.6. The monoisotopic (exact) mass is 801 g/mol. The van der Waals surface area contributed by atoms with E-state index in [2.05, 4.69) is 23.6 Å². The maximum Gasteiger partial charge on any atom is -0.00187 e. The van der Waals surface area contributed by atoms with Crippen LogP contribution in [-0.2, 0) is 0 Å². The summed E-state index contributed by atoms with van der Waals surface area (Å²) in [7, 11) is 0. The molecule has 2 aliphatic rings. The van der Waals surface area contributed by atoms with E-state index >= 15 is 0 Å². The van der Waals surface area contributed by atoms with E-state index in [1.807, 2.05) is 0 Å². The van der Waals surface area contributed by atoms with Gasteiger partial charge < -0.3 is 9.80 Å². The summed E-state index contributed by atoms with van der Waals surface area (Å²) < 4.78 is 0. The number of unbranched alkanes of at least 4 members (excludes halogenated alkanes) is 39. The van der Waals surface area contributed by atoms with Gasteiger partial charge in [0.2, 0.25) is 0 Å². The third-order valence-electron chi connectivity index (χ3n) is 13.8. The summed E-state index contributed by atoms with van der Waals surface area (Å²) in [5.74, 6) is 0. The SMILES string of the molecule is CCCCCCCCCCCCCCCCCCCCCCCN1CCCCC1.CCCCCCCCCCCCCCCCCCCCCCN1CCCCC1. The Morgan fingerprint density at radius 3 is 0.526 bits per heavy atom. The second-order valence-electron chi connectivity index (χ2n) is 19.6. The van der Waals surface area contributed by atoms with Crippen LogP contribution < -0.4 is 0 Å². The number of nitrogens with zero attached hydrogens (tertiary/aromatic N) is 2. The summed E-state index contributed by atoms with van der Waals surface area (Å²) in [5, 5.41) is 0. The Labute approximate surface area is 363 Å². The van der Waals surface area contributed by atoms with Gasteiger partial charge in [-0.3, -0.25) is 0 Å². The fraction of sp³-hybridized carbons (Fsp3) is 1.00. The van der Waals surface area contributed by atoms with Gasteiger partial charge in [-0.1, -0.05) is 277 Å². The molecule has 2 nitrogen and oxygen atoms in total. The first-order valence-corrected chi connectivity index (χ1v) is 27.8. The quantitative estimate of drug-likeness (QED) is 0.0567. The molecule has 0 aliphatic carbocycles. The molecule has 0 aromatic rings. The maximum absolute atomic E-state index is 2.69. The molecular formula is C55H112N2. The summed E-state index contributed by atoms with van der Waals surface area (Å²) in [6.45, 7) is 12.9. The standard InChI is InChI=1S/C28H57N.C27H55N/c1-2-3-4-5-6-7-8-9-10-11-12-13-14-15-16-17-18-19-20-21-23-26-29-27-24-22-25-28-29;1-2-3-4-5-6-7-8-9-10-11-12-13-14-15-16-17-18-19-20-22-25-28-26-23-21-24-27-28/h2-28H2,1H3;2-27H2,1H3. The van der Waals surface area contributed by atoms with E-state index in [1.165, 1.54) is 341 Å². The molecule has 2 aliphatic heterocycles. The fourth-order valence-corrected chi connectivity index (χ4v) is 9.72. The van der Waals surface area contributed by atoms with E-state index in [9.17, 15) is 0 Å². The van der Waals surface area contributed by atoms with Crippen LogP contribution in [0.15, 0.2) is 0 Å². The predicted octanol–water partition coefficient (Wildman–Crippen LogP) is 19.0. The molecule has 2 rings (SSSR count). The summed E-state index contributed by atoms with van der Waals surface area (Å²) in [6, 6.07) is 0. The predicted molar refractivity (Wildman–Crippen MR) is 261 cm³/mol. The van der Waals surface area contributed by atoms with Crippen LogP contribution in [0.4, 0.5) is 0 Å². The van der Waals surface area contributed by atoms with Crippen molar-refractivity contribution < 1.29 is 0 Å². The van der Waals surface area contributed by atoms with E-state index in [0.29, 0.717) is 0 Å². The van der Waals surface area contributed by atoms with Gasteiger partial charge in [0.15, 0.2) is 0 Å². The average Bonchev–Trinajstić information content (AvgIpc) is 3.24. The Morgan fingerprint density at radius 1 is 0.193 bits per heavy atom. The molecule has 0 atom stereocenters. The molecule has 0 unspecified atom stereocenters. The Kier molecular flexibility index (Phi) is 46.8. The molecule has 0 amide bonds. The molecule has 0 spiro atoms. The maximum atomic E-state index is 2.69. The lowest BCUT2D eigenvalue weighted by Gasteiger charge is -2.26. The molecular weight excluding hydrogens is 689 g/mol. The fourth-order valence-electron chi connectivity index (χ4n) is 9.72. The Bertz CT molecular complexity index is 695. The second kappa shape index (κ2) is 48.6. The highest BCUT2D eigenvalue weighted by molar-refractivity contribution is 4.65. The van der Waals surface area contributed by atoms with Gasteiger partial charge in [-0.25, -0.2) is 0 Å². The normalized spacial score (nSPS) is 15.3. The summed E-state index contributed by atoms with van der Waals surface area (Å²) in [6.07, 6.45) is 69.3. The Hall–Kier alpha value is -0.0800. The lowest BCUT2D eigenvalue weighted by Crippen LogP contribution is -2.30. The molecule has 0 N–H and O–H groups in total. The van der Waals surface area contributed by atoms with Crippen LogP contribution >= 0.6 is 0 Å². The number of piperidine rings is 2. The van der Waals surface area contributed by atoms with Crippen molar-refractivity contribution in [3.05, 3.63) is 0 Å². The Morgan fingerprint density at radius 2 is 0.351 bits per heavy atom. The van der Waals surface area contributed by atoms with Crippen molar-refractivity contribution in [1.82, 2.24) is 9.80 Å². The number of likely N-dealkylation sites (tertiary alicyclic amines) is 2. The van der Waals surface area contributed by atoms with Crippen molar-refractivity contribution in [2.45, 2.75) is 316 Å². The van der Waals surface area contributed by atoms with Crippen LogP contribution in [0.1, 0.15) is 316 Å². The molecule has 342 valence electrons.